The second-order valence-electron chi connectivity index (χ2n) is 22.8. The third-order valence-corrected chi connectivity index (χ3v) is 30.3. The molecule has 3 unspecified atom stereocenters. The fraction of sp³-hybridized carbons (Fsp3) is 0.977. The van der Waals surface area contributed by atoms with Crippen LogP contribution in [0.25, 0.3) is 0 Å². The van der Waals surface area contributed by atoms with Crippen LogP contribution in [0.5, 0.6) is 0 Å². The number of carbonyl (C=O) groups is 1. The van der Waals surface area contributed by atoms with Gasteiger partial charge in [0, 0.05) is 25.7 Å². The Kier molecular flexibility index (Phi) is 14.1. The summed E-state index contributed by atoms with van der Waals surface area (Å²) in [6, 6.07) is 0. The molecule has 300 valence electrons. The van der Waals surface area contributed by atoms with Crippen LogP contribution in [0, 0.1) is 46.3 Å². The van der Waals surface area contributed by atoms with Crippen LogP contribution in [0.4, 0.5) is 0 Å². The lowest BCUT2D eigenvalue weighted by molar-refractivity contribution is -0.141. The maximum Gasteiger partial charge on any atom is 0.305 e. The van der Waals surface area contributed by atoms with Gasteiger partial charge in [0.25, 0.3) is 0 Å². The molecule has 9 atom stereocenters. The van der Waals surface area contributed by atoms with Crippen molar-refractivity contribution in [1.82, 2.24) is 0 Å². The second-order valence-corrected chi connectivity index (χ2v) is 37.2. The molecule has 0 N–H and O–H groups in total. The van der Waals surface area contributed by atoms with Gasteiger partial charge in [-0.3, -0.25) is 4.79 Å². The molecule has 8 heteroatoms. The molecule has 0 aromatic rings. The molecule has 0 amide bonds. The van der Waals surface area contributed by atoms with Gasteiger partial charge in [-0.25, -0.2) is 0 Å². The quantitative estimate of drug-likeness (QED) is 0.138. The molecule has 0 aromatic carbocycles. The Morgan fingerprint density at radius 3 is 1.71 bits per heavy atom. The largest absolute Gasteiger partial charge is 0.469 e. The number of hydrogen-bond acceptors (Lipinski definition) is 5. The molecular weight excluding hydrogens is 681 g/mol. The van der Waals surface area contributed by atoms with Gasteiger partial charge in [0.05, 0.1) is 7.11 Å². The number of ether oxygens (including phenoxy) is 1. The number of fused-ring (bicyclic) bond motifs is 1. The first kappa shape index (κ1) is 45.4. The first-order chi connectivity index (χ1) is 22.9. The van der Waals surface area contributed by atoms with Gasteiger partial charge in [-0.15, -0.1) is 0 Å². The second kappa shape index (κ2) is 15.9. The van der Waals surface area contributed by atoms with Crippen LogP contribution in [0.2, 0.25) is 54.4 Å². The highest BCUT2D eigenvalue weighted by molar-refractivity contribution is 6.74. The number of hydrogen-bond donors (Lipinski definition) is 0. The lowest BCUT2D eigenvalue weighted by atomic mass is 9.48. The van der Waals surface area contributed by atoms with Crippen molar-refractivity contribution in [3.8, 4) is 0 Å². The zero-order chi connectivity index (χ0) is 39.2. The third-order valence-electron chi connectivity index (χ3n) is 16.7. The Bertz CT molecular complexity index is 1160. The van der Waals surface area contributed by atoms with Gasteiger partial charge >= 0.3 is 5.97 Å². The summed E-state index contributed by atoms with van der Waals surface area (Å²) in [6.45, 7) is 45.5. The van der Waals surface area contributed by atoms with Crippen LogP contribution in [0.15, 0.2) is 0 Å². The summed E-state index contributed by atoms with van der Waals surface area (Å²) in [6.07, 6.45) is 10.3. The van der Waals surface area contributed by atoms with E-state index in [9.17, 15) is 4.79 Å². The Morgan fingerprint density at radius 1 is 0.706 bits per heavy atom. The smallest absolute Gasteiger partial charge is 0.305 e. The van der Waals surface area contributed by atoms with Crippen LogP contribution < -0.4 is 0 Å². The van der Waals surface area contributed by atoms with Crippen molar-refractivity contribution in [2.75, 3.05) is 20.3 Å². The Balaban J connectivity index is 2.03. The fourth-order valence-electron chi connectivity index (χ4n) is 9.84. The van der Waals surface area contributed by atoms with E-state index in [4.69, 9.17) is 18.0 Å². The lowest BCUT2D eigenvalue weighted by Gasteiger charge is -2.59. The van der Waals surface area contributed by atoms with Gasteiger partial charge < -0.3 is 18.0 Å². The van der Waals surface area contributed by atoms with Crippen molar-refractivity contribution in [2.24, 2.45) is 46.3 Å². The van der Waals surface area contributed by atoms with E-state index in [2.05, 4.69) is 122 Å². The summed E-state index contributed by atoms with van der Waals surface area (Å²) >= 11 is 0. The minimum Gasteiger partial charge on any atom is -0.469 e. The zero-order valence-electron chi connectivity index (χ0n) is 37.4. The Labute approximate surface area is 320 Å². The van der Waals surface area contributed by atoms with E-state index in [1.165, 1.54) is 39.2 Å². The van der Waals surface area contributed by atoms with E-state index < -0.39 is 25.0 Å². The average Bonchev–Trinajstić information content (AvgIpc) is 3.34. The molecule has 0 radical (unpaired) electrons. The van der Waals surface area contributed by atoms with Crippen LogP contribution in [-0.4, -0.2) is 57.3 Å². The minimum absolute atomic E-state index is 0.0714. The molecule has 0 spiro atoms. The minimum atomic E-state index is -1.95. The normalized spacial score (nSPS) is 33.5. The number of rotatable bonds is 13. The highest BCUT2D eigenvalue weighted by Crippen LogP contribution is 2.66. The highest BCUT2D eigenvalue weighted by atomic mass is 28.4. The van der Waals surface area contributed by atoms with Crippen molar-refractivity contribution < 1.29 is 22.8 Å². The Hall–Kier alpha value is 0.000649. The third kappa shape index (κ3) is 9.88. The molecule has 3 saturated carbocycles. The number of methoxy groups -OCH3 is 1. The topological polar surface area (TPSA) is 54.0 Å². The lowest BCUT2D eigenvalue weighted by Crippen LogP contribution is -2.56. The molecule has 51 heavy (non-hydrogen) atoms. The number of carbonyl (C=O) groups excluding carboxylic acids is 1. The molecule has 0 aliphatic heterocycles. The standard InChI is InChI=1S/C43H86O5Si3/c1-31(20-23-38(44)45-13)35-21-22-36-34(30-47-50(16,17)40(5,6)7)37(25-27-43(35,36)12)42(11)26-24-33(48-51(18,19)41(8,9)10)28-32(42)29-46-49(14,15)39(2,3)4/h31-37H,20-30H2,1-19H3/t31-,32-,33?,34+,35-,36?,37?,42+,43-/m1/s1. The van der Waals surface area contributed by atoms with E-state index in [0.717, 1.165) is 32.5 Å². The molecule has 3 fully saturated rings. The van der Waals surface area contributed by atoms with E-state index in [1.54, 1.807) is 0 Å². The van der Waals surface area contributed by atoms with Crippen LogP contribution in [-0.2, 0) is 22.8 Å². The summed E-state index contributed by atoms with van der Waals surface area (Å²) in [5, 5.41) is 0.572. The monoisotopic (exact) mass is 767 g/mol. The predicted molar refractivity (Wildman–Crippen MR) is 225 cm³/mol. The van der Waals surface area contributed by atoms with Crippen molar-refractivity contribution in [3.63, 3.8) is 0 Å². The van der Waals surface area contributed by atoms with Crippen LogP contribution in [0.1, 0.15) is 141 Å². The highest BCUT2D eigenvalue weighted by Gasteiger charge is 2.60. The molecule has 0 saturated heterocycles. The van der Waals surface area contributed by atoms with Gasteiger partial charge in [-0.1, -0.05) is 83.1 Å². The maximum absolute atomic E-state index is 12.2. The van der Waals surface area contributed by atoms with Gasteiger partial charge in [0.2, 0.25) is 0 Å². The fourth-order valence-corrected chi connectivity index (χ4v) is 13.3. The summed E-state index contributed by atoms with van der Waals surface area (Å²) in [5.74, 6) is 3.34. The van der Waals surface area contributed by atoms with Crippen molar-refractivity contribution in [3.05, 3.63) is 0 Å². The average molecular weight is 767 g/mol. The van der Waals surface area contributed by atoms with E-state index in [1.807, 2.05) is 0 Å². The van der Waals surface area contributed by atoms with Gasteiger partial charge in [0.15, 0.2) is 25.0 Å². The van der Waals surface area contributed by atoms with Crippen molar-refractivity contribution in [2.45, 2.75) is 201 Å². The SMILES string of the molecule is COC(=O)CC[C@@H](C)[C@H]1CCC2[C@H](CO[Si](C)(C)C(C)(C)C)C([C@@]3(C)CCC(O[Si](C)(C)C(C)(C)C)C[C@@H]3CO[Si](C)(C)C(C)(C)C)CC[C@@]21C. The summed E-state index contributed by atoms with van der Waals surface area (Å²) in [5.41, 5.74) is 0.451. The Morgan fingerprint density at radius 2 is 1.20 bits per heavy atom. The first-order valence-corrected chi connectivity index (χ1v) is 29.7. The van der Waals surface area contributed by atoms with Crippen molar-refractivity contribution >= 4 is 30.9 Å². The molecule has 5 nitrogen and oxygen atoms in total. The van der Waals surface area contributed by atoms with Crippen LogP contribution in [0.3, 0.4) is 0 Å². The van der Waals surface area contributed by atoms with E-state index >= 15 is 0 Å². The maximum atomic E-state index is 12.2. The summed E-state index contributed by atoms with van der Waals surface area (Å²) in [7, 11) is -4.27. The molecule has 3 aliphatic rings. The molecule has 0 bridgehead atoms. The van der Waals surface area contributed by atoms with Gasteiger partial charge in [0.1, 0.15) is 0 Å². The molecule has 0 aromatic heterocycles. The summed E-state index contributed by atoms with van der Waals surface area (Å²) in [4.78, 5) is 12.2. The molecule has 3 rings (SSSR count). The van der Waals surface area contributed by atoms with Crippen LogP contribution >= 0.6 is 0 Å². The van der Waals surface area contributed by atoms with Gasteiger partial charge in [-0.05, 0) is 152 Å². The first-order valence-electron chi connectivity index (χ1n) is 21.0. The molecular formula is C43H86O5Si3. The van der Waals surface area contributed by atoms with Gasteiger partial charge in [-0.2, -0.15) is 0 Å². The number of esters is 1. The summed E-state index contributed by atoms with van der Waals surface area (Å²) < 4.78 is 26.8. The predicted octanol–water partition coefficient (Wildman–Crippen LogP) is 12.9. The van der Waals surface area contributed by atoms with Crippen molar-refractivity contribution in [1.29, 1.82) is 0 Å². The zero-order valence-corrected chi connectivity index (χ0v) is 40.4. The molecule has 0 heterocycles. The van der Waals surface area contributed by atoms with E-state index in [-0.39, 0.29) is 31.9 Å². The van der Waals surface area contributed by atoms with E-state index in [0.29, 0.717) is 48.0 Å². The molecule has 3 aliphatic carbocycles.